The minimum Gasteiger partial charge on any atom is -0.469 e. The lowest BCUT2D eigenvalue weighted by Gasteiger charge is -2.26. The number of rotatable bonds is 9. The zero-order chi connectivity index (χ0) is 25.7. The number of likely N-dealkylation sites (N-methyl/N-ethyl adjacent to an activating group) is 1. The van der Waals surface area contributed by atoms with E-state index in [1.165, 1.54) is 12.7 Å². The van der Waals surface area contributed by atoms with E-state index in [0.717, 1.165) is 48.7 Å². The van der Waals surface area contributed by atoms with Crippen molar-refractivity contribution in [2.24, 2.45) is 11.8 Å². The highest BCUT2D eigenvalue weighted by molar-refractivity contribution is 6.02. The van der Waals surface area contributed by atoms with E-state index in [-0.39, 0.29) is 36.0 Å². The molecule has 0 spiro atoms. The van der Waals surface area contributed by atoms with Crippen LogP contribution in [0.3, 0.4) is 0 Å². The van der Waals surface area contributed by atoms with E-state index >= 15 is 0 Å². The van der Waals surface area contributed by atoms with Crippen molar-refractivity contribution in [3.8, 4) is 0 Å². The molecule has 6 heteroatoms. The molecule has 0 N–H and O–H groups in total. The molecular formula is C30H36N2O4. The fourth-order valence-electron chi connectivity index (χ4n) is 5.42. The second-order valence-electron chi connectivity index (χ2n) is 9.70. The first-order chi connectivity index (χ1) is 17.4. The molecule has 0 radical (unpaired) electrons. The van der Waals surface area contributed by atoms with E-state index in [4.69, 9.17) is 4.74 Å². The van der Waals surface area contributed by atoms with E-state index in [9.17, 15) is 14.4 Å². The Bertz CT molecular complexity index is 1240. The standard InChI is InChI=1S/C30H36N2O4/c1-4-21-9-8-11-25(17-21)31(5-2)29(34)20-32-26-12-7-6-10-24(26)19-27(32)28(33)18-22-13-15-23(16-14-22)30(35)36-3/h6-12,17,19,22-23H,4-5,13-16,18,20H2,1-3H3. The van der Waals surface area contributed by atoms with Crippen LogP contribution in [0, 0.1) is 11.8 Å². The van der Waals surface area contributed by atoms with Gasteiger partial charge in [-0.3, -0.25) is 14.4 Å². The van der Waals surface area contributed by atoms with Crippen LogP contribution >= 0.6 is 0 Å². The van der Waals surface area contributed by atoms with Crippen LogP contribution in [-0.2, 0) is 27.3 Å². The molecule has 4 rings (SSSR count). The third-order valence-electron chi connectivity index (χ3n) is 7.49. The summed E-state index contributed by atoms with van der Waals surface area (Å²) in [6.45, 7) is 4.73. The lowest BCUT2D eigenvalue weighted by atomic mass is 9.79. The number of hydrogen-bond donors (Lipinski definition) is 0. The number of benzene rings is 2. The second kappa shape index (κ2) is 11.5. The Kier molecular flexibility index (Phi) is 8.24. The highest BCUT2D eigenvalue weighted by Gasteiger charge is 2.29. The molecule has 1 aromatic heterocycles. The van der Waals surface area contributed by atoms with Crippen molar-refractivity contribution in [3.05, 3.63) is 65.9 Å². The maximum absolute atomic E-state index is 13.5. The van der Waals surface area contributed by atoms with Crippen molar-refractivity contribution in [2.75, 3.05) is 18.6 Å². The molecule has 1 fully saturated rings. The summed E-state index contributed by atoms with van der Waals surface area (Å²) >= 11 is 0. The van der Waals surface area contributed by atoms with Crippen LogP contribution in [0.2, 0.25) is 0 Å². The number of nitrogens with zero attached hydrogens (tertiary/aromatic N) is 2. The van der Waals surface area contributed by atoms with Crippen LogP contribution in [-0.4, -0.2) is 35.9 Å². The molecule has 1 amide bonds. The summed E-state index contributed by atoms with van der Waals surface area (Å²) in [7, 11) is 1.43. The number of ether oxygens (including phenoxy) is 1. The smallest absolute Gasteiger partial charge is 0.308 e. The molecule has 36 heavy (non-hydrogen) atoms. The highest BCUT2D eigenvalue weighted by atomic mass is 16.5. The van der Waals surface area contributed by atoms with E-state index in [0.29, 0.717) is 18.7 Å². The van der Waals surface area contributed by atoms with E-state index in [1.54, 1.807) is 4.90 Å². The van der Waals surface area contributed by atoms with Gasteiger partial charge in [0, 0.05) is 29.6 Å². The number of aromatic nitrogens is 1. The van der Waals surface area contributed by atoms with Crippen molar-refractivity contribution < 1.29 is 19.1 Å². The minimum atomic E-state index is -0.150. The quantitative estimate of drug-likeness (QED) is 0.282. The fraction of sp³-hybridized carbons (Fsp3) is 0.433. The summed E-state index contributed by atoms with van der Waals surface area (Å²) in [6.07, 6.45) is 4.52. The zero-order valence-corrected chi connectivity index (χ0v) is 21.5. The number of Topliss-reactive ketones (excluding diaryl/α,β-unsaturated/α-hetero) is 1. The van der Waals surface area contributed by atoms with E-state index in [2.05, 4.69) is 19.1 Å². The number of fused-ring (bicyclic) bond motifs is 1. The number of aryl methyl sites for hydroxylation is 1. The highest BCUT2D eigenvalue weighted by Crippen LogP contribution is 2.33. The van der Waals surface area contributed by atoms with Crippen molar-refractivity contribution in [2.45, 2.75) is 58.9 Å². The Hall–Kier alpha value is -3.41. The van der Waals surface area contributed by atoms with Gasteiger partial charge in [-0.1, -0.05) is 37.3 Å². The molecule has 1 aliphatic rings. The van der Waals surface area contributed by atoms with Crippen LogP contribution < -0.4 is 4.90 Å². The first-order valence-electron chi connectivity index (χ1n) is 13.0. The maximum atomic E-state index is 13.5. The summed E-state index contributed by atoms with van der Waals surface area (Å²) in [6, 6.07) is 17.8. The monoisotopic (exact) mass is 488 g/mol. The molecule has 0 aliphatic heterocycles. The summed E-state index contributed by atoms with van der Waals surface area (Å²) in [4.78, 5) is 40.7. The molecule has 190 valence electrons. The predicted molar refractivity (Wildman–Crippen MR) is 142 cm³/mol. The van der Waals surface area contributed by atoms with Gasteiger partial charge in [0.25, 0.3) is 0 Å². The van der Waals surface area contributed by atoms with Gasteiger partial charge in [-0.15, -0.1) is 0 Å². The molecule has 0 bridgehead atoms. The van der Waals surface area contributed by atoms with Crippen molar-refractivity contribution in [3.63, 3.8) is 0 Å². The largest absolute Gasteiger partial charge is 0.469 e. The van der Waals surface area contributed by atoms with Gasteiger partial charge in [0.05, 0.1) is 18.7 Å². The molecule has 0 saturated heterocycles. The predicted octanol–water partition coefficient (Wildman–Crippen LogP) is 5.81. The van der Waals surface area contributed by atoms with Gasteiger partial charge < -0.3 is 14.2 Å². The lowest BCUT2D eigenvalue weighted by molar-refractivity contribution is -0.146. The topological polar surface area (TPSA) is 68.6 Å². The average molecular weight is 489 g/mol. The molecule has 6 nitrogen and oxygen atoms in total. The number of ketones is 1. The van der Waals surface area contributed by atoms with Gasteiger partial charge in [0.1, 0.15) is 6.54 Å². The van der Waals surface area contributed by atoms with Gasteiger partial charge in [-0.05, 0) is 74.8 Å². The molecule has 1 heterocycles. The summed E-state index contributed by atoms with van der Waals surface area (Å²) < 4.78 is 6.77. The van der Waals surface area contributed by atoms with E-state index in [1.807, 2.05) is 54.0 Å². The van der Waals surface area contributed by atoms with Gasteiger partial charge in [0.15, 0.2) is 5.78 Å². The van der Waals surface area contributed by atoms with Gasteiger partial charge in [-0.2, -0.15) is 0 Å². The first-order valence-corrected chi connectivity index (χ1v) is 13.0. The minimum absolute atomic E-state index is 0.0419. The second-order valence-corrected chi connectivity index (χ2v) is 9.70. The van der Waals surface area contributed by atoms with Crippen LogP contribution in [0.4, 0.5) is 5.69 Å². The Labute approximate surface area is 213 Å². The van der Waals surface area contributed by atoms with Crippen LogP contribution in [0.15, 0.2) is 54.6 Å². The molecule has 3 aromatic rings. The molecule has 0 unspecified atom stereocenters. The summed E-state index contributed by atoms with van der Waals surface area (Å²) in [5.41, 5.74) is 3.54. The number of methoxy groups -OCH3 is 1. The average Bonchev–Trinajstić information content (AvgIpc) is 3.27. The molecule has 2 aromatic carbocycles. The third-order valence-corrected chi connectivity index (χ3v) is 7.49. The number of carbonyl (C=O) groups is 3. The SMILES string of the molecule is CCc1cccc(N(CC)C(=O)Cn2c(C(=O)CC3CCC(C(=O)OC)CC3)cc3ccccc32)c1. The molecule has 0 atom stereocenters. The Morgan fingerprint density at radius 3 is 2.42 bits per heavy atom. The number of para-hydroxylation sites is 1. The van der Waals surface area contributed by atoms with Crippen LogP contribution in [0.25, 0.3) is 10.9 Å². The molecular weight excluding hydrogens is 452 g/mol. The van der Waals surface area contributed by atoms with Crippen molar-refractivity contribution in [1.82, 2.24) is 4.57 Å². The van der Waals surface area contributed by atoms with Gasteiger partial charge in [0.2, 0.25) is 5.91 Å². The Balaban J connectivity index is 1.55. The summed E-state index contributed by atoms with van der Waals surface area (Å²) in [5, 5.41) is 0.957. The number of anilines is 1. The number of hydrogen-bond acceptors (Lipinski definition) is 4. The molecule has 1 aliphatic carbocycles. The Morgan fingerprint density at radius 1 is 0.972 bits per heavy atom. The number of amides is 1. The zero-order valence-electron chi connectivity index (χ0n) is 21.5. The third kappa shape index (κ3) is 5.53. The maximum Gasteiger partial charge on any atom is 0.308 e. The summed E-state index contributed by atoms with van der Waals surface area (Å²) in [5.74, 6) is 0.0424. The van der Waals surface area contributed by atoms with Crippen molar-refractivity contribution >= 4 is 34.3 Å². The first kappa shape index (κ1) is 25.7. The fourth-order valence-corrected chi connectivity index (χ4v) is 5.42. The van der Waals surface area contributed by atoms with E-state index < -0.39 is 0 Å². The lowest BCUT2D eigenvalue weighted by Crippen LogP contribution is -2.34. The molecule has 1 saturated carbocycles. The number of esters is 1. The van der Waals surface area contributed by atoms with Crippen LogP contribution in [0.5, 0.6) is 0 Å². The number of carbonyl (C=O) groups excluding carboxylic acids is 3. The van der Waals surface area contributed by atoms with Gasteiger partial charge in [-0.25, -0.2) is 0 Å². The normalized spacial score (nSPS) is 17.6. The van der Waals surface area contributed by atoms with Gasteiger partial charge >= 0.3 is 5.97 Å². The van der Waals surface area contributed by atoms with Crippen molar-refractivity contribution in [1.29, 1.82) is 0 Å². The van der Waals surface area contributed by atoms with Crippen LogP contribution in [0.1, 0.15) is 62.0 Å². The Morgan fingerprint density at radius 2 is 1.72 bits per heavy atom.